The van der Waals surface area contributed by atoms with Crippen molar-refractivity contribution in [2.75, 3.05) is 75.3 Å². The number of carbonyl (C=O) groups excluding carboxylic acids is 3. The van der Waals surface area contributed by atoms with Crippen LogP contribution >= 0.6 is 0 Å². The zero-order valence-corrected chi connectivity index (χ0v) is 53.0. The number of hydrogen-bond acceptors (Lipinski definition) is 25. The van der Waals surface area contributed by atoms with Crippen molar-refractivity contribution in [1.82, 2.24) is 39.0 Å². The molecule has 0 aromatic carbocycles. The first-order valence-electron chi connectivity index (χ1n) is 29.8. The number of nitrogens with two attached hydrogens (primary N) is 1. The largest absolute Gasteiger partial charge is 0.457 e. The fourth-order valence-electron chi connectivity index (χ4n) is 11.9. The molecule has 8 N–H and O–H groups in total. The highest BCUT2D eigenvalue weighted by Crippen LogP contribution is 2.31. The molecule has 3 aliphatic heterocycles. The SMILES string of the molecule is COC1OC(CO)C(OC)C(OC)C1NC(=O)/C=C/c1cn(CC(C)C(CCn2cc(C#CCCC(=O)OC3C(OC)C(C)OC(CO)C3OC)c3c(N)ncnc32)Cn2cc(C#CCCC(=O)OC3C(OC)C(C)OC(CO)C3OC)c(=O)[nH]c2=O)c(=O)[nH]c1=O. The number of nitrogens with one attached hydrogen (secondary N) is 3. The number of amides is 1. The zero-order valence-electron chi connectivity index (χ0n) is 53.0. The standard InChI is InChI=1S/C61H83N9O22/c1-32(23-69-27-38(58(78)67-60(69)79)19-20-42(74)65-46-52(86-9)49(83-6)41(30-73)90-59(46)87-10)35(24-70-26-37(57(77)66-61(70)80)16-12-14-18-44(76)92-54-48(82-5)34(3)89-40(29-72)51(54)85-8)21-22-68-25-36(45-55(62)63-31-64-56(45)68)15-11-13-17-43(75)91-53-47(81-4)33(2)88-39(28-71)50(53)84-7/h19-20,25-27,31-35,39-41,46-54,59,71-73H,13-14,17-18,21-24,28-30H2,1-10H3,(H,65,74)(H2,62,63,64)(H,66,77,80)(H,67,78,79)/b20-19+. The number of aryl methyl sites for hydroxylation is 1. The van der Waals surface area contributed by atoms with E-state index in [-0.39, 0.29) is 75.3 Å². The van der Waals surface area contributed by atoms with Crippen LogP contribution in [-0.4, -0.2) is 228 Å². The van der Waals surface area contributed by atoms with Crippen LogP contribution in [-0.2, 0) is 90.9 Å². The zero-order chi connectivity index (χ0) is 66.9. The monoisotopic (exact) mass is 1290 g/mol. The Morgan fingerprint density at radius 1 is 0.652 bits per heavy atom. The fraction of sp³-hybridized carbons (Fsp3) is 0.623. The van der Waals surface area contributed by atoms with E-state index >= 15 is 0 Å². The first-order valence-corrected chi connectivity index (χ1v) is 29.8. The minimum Gasteiger partial charge on any atom is -0.457 e. The lowest BCUT2D eigenvalue weighted by molar-refractivity contribution is -0.270. The number of nitrogen functional groups attached to an aromatic ring is 1. The number of aromatic nitrogens is 7. The number of nitrogens with zero attached hydrogens (tertiary/aromatic N) is 5. The highest BCUT2D eigenvalue weighted by molar-refractivity contribution is 5.92. The summed E-state index contributed by atoms with van der Waals surface area (Å²) in [6.07, 6.45) is -3.07. The summed E-state index contributed by atoms with van der Waals surface area (Å²) in [7, 11) is 9.87. The van der Waals surface area contributed by atoms with Crippen LogP contribution in [0.5, 0.6) is 0 Å². The normalized spacial score (nSPS) is 27.1. The van der Waals surface area contributed by atoms with Gasteiger partial charge in [-0.15, -0.1) is 0 Å². The van der Waals surface area contributed by atoms with Crippen molar-refractivity contribution < 1.29 is 86.5 Å². The molecule has 0 radical (unpaired) electrons. The third-order valence-corrected chi connectivity index (χ3v) is 16.6. The predicted molar refractivity (Wildman–Crippen MR) is 325 cm³/mol. The van der Waals surface area contributed by atoms with Gasteiger partial charge in [0.05, 0.1) is 61.4 Å². The van der Waals surface area contributed by atoms with E-state index in [1.165, 1.54) is 83.7 Å². The Morgan fingerprint density at radius 2 is 1.15 bits per heavy atom. The number of anilines is 1. The molecule has 504 valence electrons. The number of H-pyrrole nitrogens is 2. The maximum Gasteiger partial charge on any atom is 0.328 e. The van der Waals surface area contributed by atoms with E-state index in [1.54, 1.807) is 24.6 Å². The van der Waals surface area contributed by atoms with Crippen molar-refractivity contribution in [1.29, 1.82) is 0 Å². The molecular weight excluding hydrogens is 1210 g/mol. The van der Waals surface area contributed by atoms with Crippen molar-refractivity contribution in [3.63, 3.8) is 0 Å². The van der Waals surface area contributed by atoms with Crippen LogP contribution in [0.1, 0.15) is 69.6 Å². The number of aliphatic hydroxyl groups is 3. The molecule has 17 unspecified atom stereocenters. The van der Waals surface area contributed by atoms with Gasteiger partial charge in [-0.2, -0.15) is 0 Å². The summed E-state index contributed by atoms with van der Waals surface area (Å²) in [5.74, 6) is 8.83. The lowest BCUT2D eigenvalue weighted by atomic mass is 9.90. The fourth-order valence-corrected chi connectivity index (χ4v) is 11.9. The van der Waals surface area contributed by atoms with Gasteiger partial charge in [0.25, 0.3) is 11.1 Å². The number of aromatic amines is 2. The summed E-state index contributed by atoms with van der Waals surface area (Å²) in [6.45, 7) is 4.19. The molecule has 7 heterocycles. The molecule has 0 aliphatic carbocycles. The third-order valence-electron chi connectivity index (χ3n) is 16.6. The van der Waals surface area contributed by atoms with Gasteiger partial charge in [-0.1, -0.05) is 30.6 Å². The van der Waals surface area contributed by atoms with Crippen molar-refractivity contribution in [2.45, 2.75) is 164 Å². The van der Waals surface area contributed by atoms with E-state index in [0.717, 1.165) is 6.08 Å². The maximum absolute atomic E-state index is 13.7. The van der Waals surface area contributed by atoms with Crippen LogP contribution in [0.3, 0.4) is 0 Å². The molecular formula is C61H83N9O22. The number of methoxy groups -OCH3 is 7. The molecule has 1 amide bonds. The number of rotatable bonds is 27. The third kappa shape index (κ3) is 17.2. The van der Waals surface area contributed by atoms with Gasteiger partial charge < -0.3 is 87.8 Å². The Bertz CT molecular complexity index is 3560. The highest BCUT2D eigenvalue weighted by atomic mass is 16.7. The van der Waals surface area contributed by atoms with E-state index in [2.05, 4.69) is 48.9 Å². The van der Waals surface area contributed by atoms with Crippen LogP contribution in [0.4, 0.5) is 5.82 Å². The van der Waals surface area contributed by atoms with Crippen LogP contribution in [0.2, 0.25) is 0 Å². The lowest BCUT2D eigenvalue weighted by Gasteiger charge is -2.44. The molecule has 31 nitrogen and oxygen atoms in total. The number of esters is 2. The number of hydrogen-bond donors (Lipinski definition) is 7. The number of fused-ring (bicyclic) bond motifs is 1. The van der Waals surface area contributed by atoms with Crippen molar-refractivity contribution >= 4 is 40.8 Å². The Balaban J connectivity index is 1.13. The van der Waals surface area contributed by atoms with Gasteiger partial charge in [-0.25, -0.2) is 19.6 Å². The predicted octanol–water partition coefficient (Wildman–Crippen LogP) is -1.65. The topological polar surface area (TPSA) is 401 Å². The number of ether oxygens (including phenoxy) is 12. The minimum absolute atomic E-state index is 0.0543. The Hall–Kier alpha value is -7.47. The van der Waals surface area contributed by atoms with Gasteiger partial charge in [-0.05, 0) is 38.2 Å². The molecule has 3 aliphatic rings. The summed E-state index contributed by atoms with van der Waals surface area (Å²) < 4.78 is 72.3. The van der Waals surface area contributed by atoms with Crippen LogP contribution in [0.25, 0.3) is 17.1 Å². The van der Waals surface area contributed by atoms with Crippen LogP contribution in [0.15, 0.2) is 50.2 Å². The van der Waals surface area contributed by atoms with Gasteiger partial charge in [-0.3, -0.25) is 43.1 Å². The first-order chi connectivity index (χ1) is 44.2. The first kappa shape index (κ1) is 72.0. The van der Waals surface area contributed by atoms with E-state index in [0.29, 0.717) is 16.6 Å². The molecule has 7 rings (SSSR count). The van der Waals surface area contributed by atoms with Gasteiger partial charge >= 0.3 is 23.3 Å². The van der Waals surface area contributed by atoms with Crippen LogP contribution in [0, 0.1) is 35.5 Å². The molecule has 17 atom stereocenters. The maximum atomic E-state index is 13.7. The summed E-state index contributed by atoms with van der Waals surface area (Å²) in [4.78, 5) is 107. The Morgan fingerprint density at radius 3 is 1.68 bits per heavy atom. The summed E-state index contributed by atoms with van der Waals surface area (Å²) in [5.41, 5.74) is 3.97. The van der Waals surface area contributed by atoms with Gasteiger partial charge in [0, 0.05) is 107 Å². The molecule has 3 fully saturated rings. The van der Waals surface area contributed by atoms with Gasteiger partial charge in [0.2, 0.25) is 5.91 Å². The number of aliphatic hydroxyl groups excluding tert-OH is 3. The van der Waals surface area contributed by atoms with E-state index in [4.69, 9.17) is 62.6 Å². The molecule has 0 bridgehead atoms. The molecule has 31 heteroatoms. The molecule has 0 saturated carbocycles. The second-order valence-corrected chi connectivity index (χ2v) is 22.3. The minimum atomic E-state index is -1.06. The number of carbonyl (C=O) groups is 3. The lowest BCUT2D eigenvalue weighted by Crippen LogP contribution is -2.65. The van der Waals surface area contributed by atoms with Crippen molar-refractivity contribution in [3.8, 4) is 23.7 Å². The summed E-state index contributed by atoms with van der Waals surface area (Å²) >= 11 is 0. The van der Waals surface area contributed by atoms with E-state index in [1.807, 2.05) is 6.92 Å². The van der Waals surface area contributed by atoms with E-state index < -0.39 is 157 Å². The second kappa shape index (κ2) is 33.9. The summed E-state index contributed by atoms with van der Waals surface area (Å²) in [5, 5.41) is 33.0. The average molecular weight is 1290 g/mol. The van der Waals surface area contributed by atoms with Crippen molar-refractivity contribution in [3.05, 3.63) is 89.4 Å². The molecule has 4 aromatic rings. The van der Waals surface area contributed by atoms with E-state index in [9.17, 15) is 48.9 Å². The quantitative estimate of drug-likeness (QED) is 0.0200. The second-order valence-electron chi connectivity index (χ2n) is 22.3. The van der Waals surface area contributed by atoms with Crippen molar-refractivity contribution in [2.24, 2.45) is 11.8 Å². The van der Waals surface area contributed by atoms with Crippen LogP contribution < -0.4 is 33.5 Å². The molecule has 92 heavy (non-hydrogen) atoms. The molecule has 3 saturated heterocycles. The smallest absolute Gasteiger partial charge is 0.328 e. The molecule has 4 aromatic heterocycles. The highest BCUT2D eigenvalue weighted by Gasteiger charge is 2.50. The van der Waals surface area contributed by atoms with Gasteiger partial charge in [0.1, 0.15) is 84.3 Å². The molecule has 0 spiro atoms. The average Bonchev–Trinajstić information content (AvgIpc) is 1.37. The Kier molecular flexibility index (Phi) is 26.5. The van der Waals surface area contributed by atoms with Gasteiger partial charge in [0.15, 0.2) is 18.5 Å². The summed E-state index contributed by atoms with van der Waals surface area (Å²) in [6, 6.07) is -0.931. The Labute approximate surface area is 529 Å².